The molecule has 194 valence electrons. The molecule has 2 aromatic rings. The molecule has 1 amide bonds. The van der Waals surface area contributed by atoms with Gasteiger partial charge in [0.2, 0.25) is 5.95 Å². The number of anilines is 4. The van der Waals surface area contributed by atoms with Crippen molar-refractivity contribution in [1.82, 2.24) is 15.4 Å². The van der Waals surface area contributed by atoms with Crippen LogP contribution in [0.3, 0.4) is 0 Å². The molecule has 0 radical (unpaired) electrons. The summed E-state index contributed by atoms with van der Waals surface area (Å²) in [6.07, 6.45) is 6.98. The first-order valence-electron chi connectivity index (χ1n) is 12.0. The van der Waals surface area contributed by atoms with Gasteiger partial charge in [-0.1, -0.05) is 26.8 Å². The maximum Gasteiger partial charge on any atom is 0.274 e. The van der Waals surface area contributed by atoms with Crippen LogP contribution >= 0.6 is 0 Å². The van der Waals surface area contributed by atoms with Gasteiger partial charge in [-0.05, 0) is 50.0 Å². The molecule has 0 saturated heterocycles. The molecule has 1 aromatic carbocycles. The maximum absolute atomic E-state index is 12.5. The van der Waals surface area contributed by atoms with Gasteiger partial charge in [0.15, 0.2) is 11.6 Å². The molecule has 10 heteroatoms. The highest BCUT2D eigenvalue weighted by molar-refractivity contribution is 5.95. The van der Waals surface area contributed by atoms with Gasteiger partial charge in [0.1, 0.15) is 11.6 Å². The second-order valence-electron chi connectivity index (χ2n) is 9.90. The number of aryl methyl sites for hydroxylation is 1. The van der Waals surface area contributed by atoms with Crippen molar-refractivity contribution in [3.05, 3.63) is 59.1 Å². The Balaban J connectivity index is 2.14. The monoisotopic (exact) mass is 502 g/mol. The Morgan fingerprint density at radius 3 is 2.68 bits per heavy atom. The Kier molecular flexibility index (Phi) is 8.63. The van der Waals surface area contributed by atoms with Crippen LogP contribution < -0.4 is 20.6 Å². The van der Waals surface area contributed by atoms with Crippen molar-refractivity contribution < 1.29 is 9.63 Å². The number of amides is 1. The van der Waals surface area contributed by atoms with E-state index in [9.17, 15) is 10.1 Å². The molecule has 2 N–H and O–H groups in total. The normalized spacial score (nSPS) is 13.0. The third-order valence-corrected chi connectivity index (χ3v) is 5.38. The van der Waals surface area contributed by atoms with Gasteiger partial charge in [-0.15, -0.1) is 0 Å². The fraction of sp³-hybridized carbons (Fsp3) is 0.370. The van der Waals surface area contributed by atoms with Crippen molar-refractivity contribution in [2.75, 3.05) is 35.3 Å². The Morgan fingerprint density at radius 1 is 1.24 bits per heavy atom. The van der Waals surface area contributed by atoms with Crippen LogP contribution in [0.1, 0.15) is 56.1 Å². The van der Waals surface area contributed by atoms with Crippen molar-refractivity contribution in [1.29, 1.82) is 5.26 Å². The van der Waals surface area contributed by atoms with Crippen molar-refractivity contribution in [2.45, 2.75) is 41.5 Å². The molecule has 2 heterocycles. The first-order valence-corrected chi connectivity index (χ1v) is 12.0. The zero-order chi connectivity index (χ0) is 27.2. The minimum absolute atomic E-state index is 0.00915. The molecular formula is C27H34N8O2. The Labute approximate surface area is 218 Å². The van der Waals surface area contributed by atoms with Crippen LogP contribution in [0.15, 0.2) is 47.4 Å². The lowest BCUT2D eigenvalue weighted by Crippen LogP contribution is -2.31. The Hall–Kier alpha value is -4.23. The van der Waals surface area contributed by atoms with Gasteiger partial charge < -0.3 is 15.1 Å². The standard InChI is InChI=1S/C27H34N8O2/c1-8-37-33-25(36)20-11-10-18(2)22(14-20)30-23-21(15-28)24(35-13-9-12-29-16-19(35)3)32-26(31-23)34(7)17-27(4,5)6/h9-14,16H,8,17H2,1-7H3,(H,33,36)(H,30,31,32). The number of carbonyl (C=O) groups excluding carboxylic acids is 1. The van der Waals surface area contributed by atoms with Gasteiger partial charge in [-0.2, -0.15) is 15.2 Å². The smallest absolute Gasteiger partial charge is 0.274 e. The molecule has 0 unspecified atom stereocenters. The maximum atomic E-state index is 12.5. The van der Waals surface area contributed by atoms with Crippen LogP contribution in [0.25, 0.3) is 0 Å². The second-order valence-corrected chi connectivity index (χ2v) is 9.90. The first-order chi connectivity index (χ1) is 17.5. The van der Waals surface area contributed by atoms with Crippen molar-refractivity contribution in [2.24, 2.45) is 10.4 Å². The van der Waals surface area contributed by atoms with E-state index in [2.05, 4.69) is 42.6 Å². The number of carbonyl (C=O) groups is 1. The van der Waals surface area contributed by atoms with Crippen LogP contribution in [0.5, 0.6) is 0 Å². The number of rotatable bonds is 8. The zero-order valence-corrected chi connectivity index (χ0v) is 22.5. The number of aromatic nitrogens is 2. The predicted octanol–water partition coefficient (Wildman–Crippen LogP) is 4.83. The van der Waals surface area contributed by atoms with Crippen molar-refractivity contribution >= 4 is 35.4 Å². The summed E-state index contributed by atoms with van der Waals surface area (Å²) in [7, 11) is 1.92. The van der Waals surface area contributed by atoms with E-state index in [0.717, 1.165) is 11.3 Å². The third-order valence-electron chi connectivity index (χ3n) is 5.38. The molecule has 1 aliphatic heterocycles. The first kappa shape index (κ1) is 27.4. The summed E-state index contributed by atoms with van der Waals surface area (Å²) < 4.78 is 0. The Bertz CT molecular complexity index is 1280. The van der Waals surface area contributed by atoms with Gasteiger partial charge in [0, 0.05) is 49.2 Å². The molecule has 0 fully saturated rings. The number of aliphatic imine (C=N–C) groups is 1. The minimum Gasteiger partial charge on any atom is -0.343 e. The van der Waals surface area contributed by atoms with Crippen molar-refractivity contribution in [3.8, 4) is 6.07 Å². The summed E-state index contributed by atoms with van der Waals surface area (Å²) in [4.78, 5) is 35.1. The molecule has 0 atom stereocenters. The minimum atomic E-state index is -0.366. The second kappa shape index (κ2) is 11.7. The summed E-state index contributed by atoms with van der Waals surface area (Å²) in [6, 6.07) is 7.51. The fourth-order valence-electron chi connectivity index (χ4n) is 3.72. The molecule has 0 bridgehead atoms. The predicted molar refractivity (Wildman–Crippen MR) is 147 cm³/mol. The summed E-state index contributed by atoms with van der Waals surface area (Å²) in [5.74, 6) is 0.852. The van der Waals surface area contributed by atoms with E-state index in [1.807, 2.05) is 43.0 Å². The molecular weight excluding hydrogens is 468 g/mol. The summed E-state index contributed by atoms with van der Waals surface area (Å²) >= 11 is 0. The average Bonchev–Trinajstić information content (AvgIpc) is 3.06. The molecule has 10 nitrogen and oxygen atoms in total. The lowest BCUT2D eigenvalue weighted by Gasteiger charge is -2.29. The lowest BCUT2D eigenvalue weighted by atomic mass is 9.96. The number of nitriles is 1. The van der Waals surface area contributed by atoms with Crippen LogP contribution in [-0.4, -0.2) is 42.3 Å². The fourth-order valence-corrected chi connectivity index (χ4v) is 3.72. The highest BCUT2D eigenvalue weighted by Gasteiger charge is 2.24. The molecule has 1 aromatic heterocycles. The SMILES string of the molecule is CCONC(=O)c1ccc(C)c(Nc2nc(N(C)CC(C)(C)C)nc(N3C=CC=NC=C3C)c2C#N)c1. The zero-order valence-electron chi connectivity index (χ0n) is 22.5. The van der Waals surface area contributed by atoms with Crippen molar-refractivity contribution in [3.63, 3.8) is 0 Å². The van der Waals surface area contributed by atoms with E-state index in [1.165, 1.54) is 0 Å². The van der Waals surface area contributed by atoms with Gasteiger partial charge in [-0.3, -0.25) is 14.6 Å². The summed E-state index contributed by atoms with van der Waals surface area (Å²) in [5.41, 5.74) is 5.37. The van der Waals surface area contributed by atoms with Crippen LogP contribution in [0.2, 0.25) is 0 Å². The third kappa shape index (κ3) is 6.92. The lowest BCUT2D eigenvalue weighted by molar-refractivity contribution is 0.0364. The van der Waals surface area contributed by atoms with E-state index < -0.39 is 0 Å². The van der Waals surface area contributed by atoms with Gasteiger partial charge in [0.05, 0.1) is 6.61 Å². The molecule has 0 spiro atoms. The summed E-state index contributed by atoms with van der Waals surface area (Å²) in [5, 5.41) is 13.5. The number of allylic oxidation sites excluding steroid dienone is 2. The van der Waals surface area contributed by atoms with E-state index >= 15 is 0 Å². The topological polar surface area (TPSA) is 119 Å². The Morgan fingerprint density at radius 2 is 2.00 bits per heavy atom. The van der Waals surface area contributed by atoms with Gasteiger partial charge >= 0.3 is 0 Å². The highest BCUT2D eigenvalue weighted by Crippen LogP contribution is 2.33. The van der Waals surface area contributed by atoms with Crippen LogP contribution in [0, 0.1) is 23.7 Å². The molecule has 0 aliphatic carbocycles. The number of nitrogens with zero attached hydrogens (tertiary/aromatic N) is 6. The van der Waals surface area contributed by atoms with Crippen LogP contribution in [-0.2, 0) is 4.84 Å². The van der Waals surface area contributed by atoms with E-state index in [1.54, 1.807) is 37.5 Å². The quantitative estimate of drug-likeness (QED) is 0.493. The number of hydrogen-bond acceptors (Lipinski definition) is 9. The number of benzene rings is 1. The van der Waals surface area contributed by atoms with E-state index in [0.29, 0.717) is 42.0 Å². The molecule has 37 heavy (non-hydrogen) atoms. The average molecular weight is 503 g/mol. The molecule has 3 rings (SSSR count). The van der Waals surface area contributed by atoms with E-state index in [-0.39, 0.29) is 16.9 Å². The van der Waals surface area contributed by atoms with Gasteiger partial charge in [0.25, 0.3) is 5.91 Å². The van der Waals surface area contributed by atoms with Crippen LogP contribution in [0.4, 0.5) is 23.3 Å². The number of hydroxylamine groups is 1. The number of nitrogens with one attached hydrogen (secondary N) is 2. The highest BCUT2D eigenvalue weighted by atomic mass is 16.6. The van der Waals surface area contributed by atoms with Gasteiger partial charge in [-0.25, -0.2) is 5.48 Å². The largest absolute Gasteiger partial charge is 0.343 e. The number of hydrogen-bond donors (Lipinski definition) is 2. The summed E-state index contributed by atoms with van der Waals surface area (Å²) in [6.45, 7) is 13.0. The molecule has 1 aliphatic rings. The molecule has 0 saturated carbocycles. The van der Waals surface area contributed by atoms with E-state index in [4.69, 9.17) is 14.8 Å².